The van der Waals surface area contributed by atoms with Crippen LogP contribution in [0.4, 0.5) is 19.0 Å². The number of hydrogen-bond donors (Lipinski definition) is 0. The van der Waals surface area contributed by atoms with Crippen molar-refractivity contribution in [1.82, 2.24) is 24.3 Å². The van der Waals surface area contributed by atoms with E-state index in [9.17, 15) is 18.0 Å². The number of hydrogen-bond acceptors (Lipinski definition) is 6. The highest BCUT2D eigenvalue weighted by Crippen LogP contribution is 2.29. The molecule has 4 heterocycles. The van der Waals surface area contributed by atoms with E-state index in [1.807, 2.05) is 0 Å². The number of ketones is 1. The molecule has 0 aliphatic carbocycles. The summed E-state index contributed by atoms with van der Waals surface area (Å²) in [4.78, 5) is 29.9. The number of carbonyl (C=O) groups is 1. The summed E-state index contributed by atoms with van der Waals surface area (Å²) < 4.78 is 40.4. The van der Waals surface area contributed by atoms with Gasteiger partial charge in [-0.3, -0.25) is 4.40 Å². The van der Waals surface area contributed by atoms with Gasteiger partial charge in [0.05, 0.1) is 12.4 Å². The first-order chi connectivity index (χ1) is 13.8. The fourth-order valence-electron chi connectivity index (χ4n) is 3.70. The summed E-state index contributed by atoms with van der Waals surface area (Å²) in [7, 11) is 0. The Bertz CT molecular complexity index is 1050. The minimum atomic E-state index is -4.56. The Morgan fingerprint density at radius 2 is 2.07 bits per heavy atom. The number of alkyl halides is 3. The quantitative estimate of drug-likeness (QED) is 0.663. The molecule has 1 saturated heterocycles. The summed E-state index contributed by atoms with van der Waals surface area (Å²) in [6.45, 7) is 3.11. The van der Waals surface area contributed by atoms with Gasteiger partial charge in [-0.2, -0.15) is 13.2 Å². The normalized spacial score (nSPS) is 17.7. The van der Waals surface area contributed by atoms with Gasteiger partial charge in [-0.1, -0.05) is 0 Å². The summed E-state index contributed by atoms with van der Waals surface area (Å²) >= 11 is 0. The van der Waals surface area contributed by atoms with Crippen molar-refractivity contribution in [2.24, 2.45) is 5.92 Å². The lowest BCUT2D eigenvalue weighted by atomic mass is 9.93. The number of imidazole rings is 1. The molecule has 29 heavy (non-hydrogen) atoms. The van der Waals surface area contributed by atoms with Crippen LogP contribution in [0, 0.1) is 5.92 Å². The van der Waals surface area contributed by atoms with Crippen LogP contribution in [0.2, 0.25) is 0 Å². The van der Waals surface area contributed by atoms with Crippen LogP contribution in [0.1, 0.15) is 31.9 Å². The summed E-state index contributed by atoms with van der Waals surface area (Å²) in [5, 5.41) is 0. The van der Waals surface area contributed by atoms with Crippen LogP contribution in [0.15, 0.2) is 30.9 Å². The first-order valence-electron chi connectivity index (χ1n) is 9.29. The maximum atomic E-state index is 13.0. The first-order valence-corrected chi connectivity index (χ1v) is 9.29. The number of Topliss-reactive ketones (excluding diaryl/α,β-unsaturated/α-hetero) is 1. The van der Waals surface area contributed by atoms with E-state index in [0.29, 0.717) is 24.5 Å². The zero-order valence-corrected chi connectivity index (χ0v) is 15.7. The summed E-state index contributed by atoms with van der Waals surface area (Å²) in [6, 6.07) is 1.77. The summed E-state index contributed by atoms with van der Waals surface area (Å²) in [5.41, 5.74) is -0.378. The third-order valence-electron chi connectivity index (χ3n) is 4.98. The number of rotatable bonds is 4. The van der Waals surface area contributed by atoms with Crippen molar-refractivity contribution in [2.75, 3.05) is 18.0 Å². The standard InChI is InChI=1S/C19H19F3N6O/c1-12(29)7-13-3-2-6-27(10-13)16-4-5-23-18(26-16)14-8-25-17-9-24-15(11-28(14)17)19(20,21)22/h4-5,8-9,11,13H,2-3,6-7,10H2,1H3. The van der Waals surface area contributed by atoms with Crippen LogP contribution >= 0.6 is 0 Å². The maximum Gasteiger partial charge on any atom is 0.434 e. The van der Waals surface area contributed by atoms with Gasteiger partial charge in [0.15, 0.2) is 17.2 Å². The second-order valence-electron chi connectivity index (χ2n) is 7.24. The van der Waals surface area contributed by atoms with E-state index in [1.54, 1.807) is 19.2 Å². The van der Waals surface area contributed by atoms with Crippen molar-refractivity contribution in [3.8, 4) is 11.5 Å². The molecule has 1 aliphatic rings. The summed E-state index contributed by atoms with van der Waals surface area (Å²) in [5.74, 6) is 1.40. The van der Waals surface area contributed by atoms with Crippen LogP contribution in [-0.4, -0.2) is 43.2 Å². The van der Waals surface area contributed by atoms with Gasteiger partial charge >= 0.3 is 6.18 Å². The number of halogens is 3. The van der Waals surface area contributed by atoms with E-state index in [0.717, 1.165) is 31.8 Å². The highest BCUT2D eigenvalue weighted by Gasteiger charge is 2.33. The van der Waals surface area contributed by atoms with Crippen molar-refractivity contribution < 1.29 is 18.0 Å². The number of aromatic nitrogens is 5. The molecule has 1 fully saturated rings. The predicted octanol–water partition coefficient (Wildman–Crippen LogP) is 3.40. The lowest BCUT2D eigenvalue weighted by Crippen LogP contribution is -2.36. The number of piperidine rings is 1. The molecule has 152 valence electrons. The van der Waals surface area contributed by atoms with Crippen molar-refractivity contribution in [2.45, 2.75) is 32.4 Å². The van der Waals surface area contributed by atoms with Crippen LogP contribution in [0.3, 0.4) is 0 Å². The molecule has 10 heteroatoms. The van der Waals surface area contributed by atoms with Gasteiger partial charge in [-0.15, -0.1) is 0 Å². The summed E-state index contributed by atoms with van der Waals surface area (Å²) in [6.07, 6.45) is 2.92. The molecule has 4 rings (SSSR count). The van der Waals surface area contributed by atoms with Crippen LogP contribution in [-0.2, 0) is 11.0 Å². The predicted molar refractivity (Wildman–Crippen MR) is 99.3 cm³/mol. The molecular formula is C19H19F3N6O. The molecular weight excluding hydrogens is 385 g/mol. The van der Waals surface area contributed by atoms with Crippen LogP contribution in [0.5, 0.6) is 0 Å². The third kappa shape index (κ3) is 4.06. The van der Waals surface area contributed by atoms with E-state index in [4.69, 9.17) is 0 Å². The zero-order chi connectivity index (χ0) is 20.6. The number of carbonyl (C=O) groups excluding carboxylic acids is 1. The van der Waals surface area contributed by atoms with E-state index in [-0.39, 0.29) is 23.2 Å². The first kappa shape index (κ1) is 19.3. The second kappa shape index (κ2) is 7.41. The molecule has 0 aromatic carbocycles. The molecule has 3 aromatic heterocycles. The largest absolute Gasteiger partial charge is 0.434 e. The van der Waals surface area contributed by atoms with Gasteiger partial charge in [0.1, 0.15) is 17.3 Å². The molecule has 0 amide bonds. The Labute approximate surface area is 164 Å². The fourth-order valence-corrected chi connectivity index (χ4v) is 3.70. The topological polar surface area (TPSA) is 76.3 Å². The van der Waals surface area contributed by atoms with Gasteiger partial charge in [0.25, 0.3) is 0 Å². The average Bonchev–Trinajstić information content (AvgIpc) is 3.10. The molecule has 1 atom stereocenters. The molecule has 0 spiro atoms. The molecule has 0 radical (unpaired) electrons. The molecule has 7 nitrogen and oxygen atoms in total. The van der Waals surface area contributed by atoms with E-state index in [2.05, 4.69) is 24.8 Å². The lowest BCUT2D eigenvalue weighted by molar-refractivity contribution is -0.141. The Morgan fingerprint density at radius 3 is 2.83 bits per heavy atom. The SMILES string of the molecule is CC(=O)CC1CCCN(c2ccnc(-c3cnc4cnc(C(F)(F)F)cn34)n2)C1. The van der Waals surface area contributed by atoms with Crippen molar-refractivity contribution >= 4 is 17.2 Å². The van der Waals surface area contributed by atoms with Crippen LogP contribution < -0.4 is 4.90 Å². The average molecular weight is 404 g/mol. The van der Waals surface area contributed by atoms with Gasteiger partial charge in [0, 0.05) is 31.9 Å². The van der Waals surface area contributed by atoms with Gasteiger partial charge < -0.3 is 9.69 Å². The lowest BCUT2D eigenvalue weighted by Gasteiger charge is -2.33. The van der Waals surface area contributed by atoms with E-state index >= 15 is 0 Å². The van der Waals surface area contributed by atoms with Gasteiger partial charge in [-0.05, 0) is 31.7 Å². The molecule has 0 N–H and O–H groups in total. The van der Waals surface area contributed by atoms with Gasteiger partial charge in [0.2, 0.25) is 0 Å². The molecule has 3 aromatic rings. The van der Waals surface area contributed by atoms with Crippen molar-refractivity contribution in [3.63, 3.8) is 0 Å². The van der Waals surface area contributed by atoms with Crippen LogP contribution in [0.25, 0.3) is 17.2 Å². The fraction of sp³-hybridized carbons (Fsp3) is 0.421. The molecule has 0 bridgehead atoms. The smallest absolute Gasteiger partial charge is 0.356 e. The number of anilines is 1. The third-order valence-corrected chi connectivity index (χ3v) is 4.98. The van der Waals surface area contributed by atoms with E-state index in [1.165, 1.54) is 10.6 Å². The van der Waals surface area contributed by atoms with Crippen molar-refractivity contribution in [3.05, 3.63) is 36.5 Å². The Balaban J connectivity index is 1.66. The minimum Gasteiger partial charge on any atom is -0.356 e. The highest BCUT2D eigenvalue weighted by molar-refractivity contribution is 5.75. The second-order valence-corrected chi connectivity index (χ2v) is 7.24. The molecule has 0 saturated carbocycles. The van der Waals surface area contributed by atoms with E-state index < -0.39 is 11.9 Å². The highest BCUT2D eigenvalue weighted by atomic mass is 19.4. The Hall–Kier alpha value is -3.04. The zero-order valence-electron chi connectivity index (χ0n) is 15.7. The minimum absolute atomic E-state index is 0.167. The molecule has 1 aliphatic heterocycles. The van der Waals surface area contributed by atoms with Gasteiger partial charge in [-0.25, -0.2) is 19.9 Å². The monoisotopic (exact) mass is 404 g/mol. The molecule has 1 unspecified atom stereocenters. The van der Waals surface area contributed by atoms with Crippen molar-refractivity contribution in [1.29, 1.82) is 0 Å². The Morgan fingerprint density at radius 1 is 1.24 bits per heavy atom. The number of fused-ring (bicyclic) bond motifs is 1. The maximum absolute atomic E-state index is 13.0. The Kier molecular flexibility index (Phi) is 4.93. The number of nitrogens with zero attached hydrogens (tertiary/aromatic N) is 6.